The molecule has 0 aromatic heterocycles. The van der Waals surface area contributed by atoms with Crippen LogP contribution in [-0.2, 0) is 10.0 Å². The molecule has 1 atom stereocenters. The first kappa shape index (κ1) is 25.1. The molecule has 1 fully saturated rings. The van der Waals surface area contributed by atoms with Gasteiger partial charge in [0, 0.05) is 13.1 Å². The molecule has 8 heteroatoms. The second-order valence-electron chi connectivity index (χ2n) is 8.77. The molecule has 180 valence electrons. The minimum Gasteiger partial charge on any atom is -0.496 e. The van der Waals surface area contributed by atoms with E-state index in [0.717, 1.165) is 35.3 Å². The van der Waals surface area contributed by atoms with E-state index in [1.165, 1.54) is 29.6 Å². The summed E-state index contributed by atoms with van der Waals surface area (Å²) in [5.41, 5.74) is 3.24. The highest BCUT2D eigenvalue weighted by atomic mass is 32.2. The van der Waals surface area contributed by atoms with E-state index < -0.39 is 10.0 Å². The van der Waals surface area contributed by atoms with Gasteiger partial charge in [-0.15, -0.1) is 0 Å². The summed E-state index contributed by atoms with van der Waals surface area (Å²) >= 11 is 0. The lowest BCUT2D eigenvalue weighted by molar-refractivity contribution is 0.0936. The highest BCUT2D eigenvalue weighted by Crippen LogP contribution is 2.33. The summed E-state index contributed by atoms with van der Waals surface area (Å²) in [5, 5.41) is 3.01. The maximum Gasteiger partial charge on any atom is 0.255 e. The zero-order chi connectivity index (χ0) is 24.3. The van der Waals surface area contributed by atoms with E-state index in [-0.39, 0.29) is 28.3 Å². The normalized spacial score (nSPS) is 15.5. The van der Waals surface area contributed by atoms with Gasteiger partial charge < -0.3 is 14.8 Å². The van der Waals surface area contributed by atoms with Crippen LogP contribution < -0.4 is 14.8 Å². The van der Waals surface area contributed by atoms with E-state index in [9.17, 15) is 13.2 Å². The number of nitrogens with zero attached hydrogens (tertiary/aromatic N) is 1. The Morgan fingerprint density at radius 2 is 1.61 bits per heavy atom. The number of aryl methyl sites for hydroxylation is 1. The molecule has 1 saturated heterocycles. The van der Waals surface area contributed by atoms with Gasteiger partial charge in [0.15, 0.2) is 0 Å². The molecular weight excluding hydrogens is 440 g/mol. The maximum atomic E-state index is 13.2. The molecule has 0 radical (unpaired) electrons. The van der Waals surface area contributed by atoms with Crippen molar-refractivity contribution in [3.63, 3.8) is 0 Å². The smallest absolute Gasteiger partial charge is 0.255 e. The van der Waals surface area contributed by atoms with Crippen LogP contribution in [0.4, 0.5) is 0 Å². The zero-order valence-electron chi connectivity index (χ0n) is 20.3. The Morgan fingerprint density at radius 3 is 2.18 bits per heavy atom. The van der Waals surface area contributed by atoms with Crippen molar-refractivity contribution in [2.24, 2.45) is 0 Å². The number of benzene rings is 2. The van der Waals surface area contributed by atoms with Crippen molar-refractivity contribution in [1.29, 1.82) is 0 Å². The first-order valence-corrected chi connectivity index (χ1v) is 12.7. The summed E-state index contributed by atoms with van der Waals surface area (Å²) in [6.45, 7) is 9.08. The van der Waals surface area contributed by atoms with Crippen LogP contribution in [0.5, 0.6) is 11.5 Å². The van der Waals surface area contributed by atoms with Crippen molar-refractivity contribution in [1.82, 2.24) is 9.62 Å². The fraction of sp³-hybridized carbons (Fsp3) is 0.480. The molecule has 1 heterocycles. The summed E-state index contributed by atoms with van der Waals surface area (Å²) in [6.07, 6.45) is 1.69. The van der Waals surface area contributed by atoms with Gasteiger partial charge >= 0.3 is 0 Å². The third-order valence-corrected chi connectivity index (χ3v) is 8.07. The molecular formula is C25H34N2O5S. The second-order valence-corrected chi connectivity index (χ2v) is 10.7. The van der Waals surface area contributed by atoms with Crippen LogP contribution >= 0.6 is 0 Å². The number of ether oxygens (including phenoxy) is 2. The van der Waals surface area contributed by atoms with Crippen LogP contribution in [0.1, 0.15) is 72.6 Å². The Bertz CT molecular complexity index is 1120. The first-order chi connectivity index (χ1) is 15.6. The molecule has 0 aliphatic carbocycles. The molecule has 0 unspecified atom stereocenters. The van der Waals surface area contributed by atoms with Crippen molar-refractivity contribution in [3.05, 3.63) is 52.6 Å². The molecule has 7 nitrogen and oxygen atoms in total. The maximum absolute atomic E-state index is 13.2. The fourth-order valence-electron chi connectivity index (χ4n) is 4.26. The van der Waals surface area contributed by atoms with Crippen molar-refractivity contribution >= 4 is 15.9 Å². The molecule has 0 bridgehead atoms. The quantitative estimate of drug-likeness (QED) is 0.613. The summed E-state index contributed by atoms with van der Waals surface area (Å²) < 4.78 is 38.4. The average molecular weight is 475 g/mol. The topological polar surface area (TPSA) is 84.9 Å². The van der Waals surface area contributed by atoms with Gasteiger partial charge in [-0.05, 0) is 79.6 Å². The lowest BCUT2D eigenvalue weighted by atomic mass is 9.93. The van der Waals surface area contributed by atoms with Gasteiger partial charge in [-0.1, -0.05) is 13.8 Å². The minimum atomic E-state index is -3.65. The number of amides is 1. The van der Waals surface area contributed by atoms with Gasteiger partial charge in [-0.25, -0.2) is 8.42 Å². The highest BCUT2D eigenvalue weighted by Gasteiger charge is 2.29. The summed E-state index contributed by atoms with van der Waals surface area (Å²) in [4.78, 5) is 13.3. The predicted molar refractivity (Wildman–Crippen MR) is 129 cm³/mol. The van der Waals surface area contributed by atoms with E-state index >= 15 is 0 Å². The van der Waals surface area contributed by atoms with E-state index in [0.29, 0.717) is 18.8 Å². The van der Waals surface area contributed by atoms with E-state index in [4.69, 9.17) is 9.47 Å². The lowest BCUT2D eigenvalue weighted by Crippen LogP contribution is -2.30. The Hall–Kier alpha value is -2.58. The number of hydrogen-bond donors (Lipinski definition) is 1. The molecule has 2 aromatic rings. The Labute approximate surface area is 197 Å². The van der Waals surface area contributed by atoms with Gasteiger partial charge in [0.1, 0.15) is 11.5 Å². The fourth-order valence-corrected chi connectivity index (χ4v) is 5.81. The highest BCUT2D eigenvalue weighted by molar-refractivity contribution is 7.89. The van der Waals surface area contributed by atoms with Crippen LogP contribution in [0.25, 0.3) is 0 Å². The van der Waals surface area contributed by atoms with Crippen molar-refractivity contribution in [2.75, 3.05) is 27.3 Å². The lowest BCUT2D eigenvalue weighted by Gasteiger charge is -2.22. The number of nitrogens with one attached hydrogen (secondary N) is 1. The van der Waals surface area contributed by atoms with Gasteiger partial charge in [0.05, 0.1) is 30.7 Å². The van der Waals surface area contributed by atoms with E-state index in [2.05, 4.69) is 25.2 Å². The summed E-state index contributed by atoms with van der Waals surface area (Å²) in [5.74, 6) is 1.02. The van der Waals surface area contributed by atoms with E-state index in [1.807, 2.05) is 19.9 Å². The van der Waals surface area contributed by atoms with Crippen LogP contribution in [0.15, 0.2) is 35.2 Å². The first-order valence-electron chi connectivity index (χ1n) is 11.3. The van der Waals surface area contributed by atoms with Gasteiger partial charge in [0.2, 0.25) is 10.0 Å². The zero-order valence-corrected chi connectivity index (χ0v) is 21.1. The van der Waals surface area contributed by atoms with Crippen molar-refractivity contribution < 1.29 is 22.7 Å². The Balaban J connectivity index is 1.92. The number of carbonyl (C=O) groups excluding carboxylic acids is 1. The third kappa shape index (κ3) is 5.17. The van der Waals surface area contributed by atoms with Crippen LogP contribution in [0.2, 0.25) is 0 Å². The summed E-state index contributed by atoms with van der Waals surface area (Å²) in [6, 6.07) is 8.19. The van der Waals surface area contributed by atoms with E-state index in [1.54, 1.807) is 7.11 Å². The van der Waals surface area contributed by atoms with Gasteiger partial charge in [0.25, 0.3) is 5.91 Å². The molecule has 33 heavy (non-hydrogen) atoms. The average Bonchev–Trinajstić information content (AvgIpc) is 3.33. The van der Waals surface area contributed by atoms with Gasteiger partial charge in [-0.2, -0.15) is 4.31 Å². The van der Waals surface area contributed by atoms with Crippen molar-refractivity contribution in [3.8, 4) is 11.5 Å². The number of rotatable bonds is 8. The summed E-state index contributed by atoms with van der Waals surface area (Å²) in [7, 11) is -0.527. The van der Waals surface area contributed by atoms with Crippen LogP contribution in [0.3, 0.4) is 0 Å². The molecule has 3 rings (SSSR count). The number of carbonyl (C=O) groups is 1. The largest absolute Gasteiger partial charge is 0.496 e. The predicted octanol–water partition coefficient (Wildman–Crippen LogP) is 4.41. The number of hydrogen-bond acceptors (Lipinski definition) is 5. The number of sulfonamides is 1. The third-order valence-electron chi connectivity index (χ3n) is 6.17. The van der Waals surface area contributed by atoms with Gasteiger partial charge in [-0.3, -0.25) is 4.79 Å². The SMILES string of the molecule is COc1ccc(S(=O)(=O)N2CCCC2)cc1C(=O)N[C@@H](C)c1cc(C(C)C)c(OC)cc1C. The Kier molecular flexibility index (Phi) is 7.69. The standard InChI is InChI=1S/C25H34N2O5S/c1-16(2)20-15-21(17(3)13-24(20)32-6)18(4)26-25(28)22-14-19(9-10-23(22)31-5)33(29,30)27-11-7-8-12-27/h9-10,13-16,18H,7-8,11-12H2,1-6H3,(H,26,28)/t18-/m0/s1. The minimum absolute atomic E-state index is 0.103. The van der Waals surface area contributed by atoms with Crippen LogP contribution in [0, 0.1) is 6.92 Å². The van der Waals surface area contributed by atoms with Crippen molar-refractivity contribution in [2.45, 2.75) is 57.4 Å². The Morgan fingerprint density at radius 1 is 0.970 bits per heavy atom. The second kappa shape index (κ2) is 10.1. The monoisotopic (exact) mass is 474 g/mol. The molecule has 1 amide bonds. The number of methoxy groups -OCH3 is 2. The molecule has 1 aliphatic heterocycles. The van der Waals surface area contributed by atoms with Crippen LogP contribution in [-0.4, -0.2) is 45.9 Å². The molecule has 2 aromatic carbocycles. The molecule has 0 saturated carbocycles. The molecule has 0 spiro atoms. The molecule has 1 aliphatic rings. The molecule has 1 N–H and O–H groups in total.